The summed E-state index contributed by atoms with van der Waals surface area (Å²) in [6.07, 6.45) is -0.203. The zero-order valence-electron chi connectivity index (χ0n) is 17.7. The van der Waals surface area contributed by atoms with Crippen LogP contribution in [0.2, 0.25) is 0 Å². The second-order valence-corrected chi connectivity index (χ2v) is 8.31. The molecular weight excluding hydrogens is 429 g/mol. The summed E-state index contributed by atoms with van der Waals surface area (Å²) in [5.41, 5.74) is 3.58. The van der Waals surface area contributed by atoms with Gasteiger partial charge in [-0.25, -0.2) is 19.7 Å². The van der Waals surface area contributed by atoms with E-state index in [0.717, 1.165) is 16.3 Å². The Morgan fingerprint density at radius 2 is 2.00 bits per heavy atom. The van der Waals surface area contributed by atoms with Crippen LogP contribution in [-0.4, -0.2) is 31.0 Å². The third-order valence-corrected chi connectivity index (χ3v) is 6.28. The first kappa shape index (κ1) is 22.1. The second kappa shape index (κ2) is 9.17. The molecule has 1 aliphatic heterocycles. The number of nitrogens with zero attached hydrogens (tertiary/aromatic N) is 2. The molecule has 1 unspecified atom stereocenters. The van der Waals surface area contributed by atoms with Crippen LogP contribution in [-0.2, 0) is 0 Å². The zero-order valence-corrected chi connectivity index (χ0v) is 18.5. The molecule has 0 aliphatic carbocycles. The van der Waals surface area contributed by atoms with Crippen molar-refractivity contribution in [3.05, 3.63) is 72.0 Å². The van der Waals surface area contributed by atoms with E-state index in [2.05, 4.69) is 14.9 Å². The predicted molar refractivity (Wildman–Crippen MR) is 126 cm³/mol. The number of carbonyl (C=O) groups is 1. The minimum absolute atomic E-state index is 0.203. The number of hydrogen-bond acceptors (Lipinski definition) is 7. The van der Waals surface area contributed by atoms with Crippen molar-refractivity contribution in [2.75, 3.05) is 23.6 Å². The molecule has 0 bridgehead atoms. The number of halogens is 1. The molecule has 1 heterocycles. The van der Waals surface area contributed by atoms with Crippen LogP contribution in [0.15, 0.2) is 65.6 Å². The van der Waals surface area contributed by atoms with E-state index in [4.69, 9.17) is 5.84 Å². The minimum Gasteiger partial charge on any atom is -0.478 e. The van der Waals surface area contributed by atoms with Crippen molar-refractivity contribution < 1.29 is 14.3 Å². The molecule has 0 saturated carbocycles. The molecular formula is C23H24FN5O2S. The van der Waals surface area contributed by atoms with Crippen LogP contribution in [0.5, 0.6) is 0 Å². The van der Waals surface area contributed by atoms with Crippen molar-refractivity contribution in [3.8, 4) is 11.1 Å². The van der Waals surface area contributed by atoms with Gasteiger partial charge in [0.05, 0.1) is 29.8 Å². The van der Waals surface area contributed by atoms with Crippen molar-refractivity contribution in [3.63, 3.8) is 0 Å². The van der Waals surface area contributed by atoms with Gasteiger partial charge in [0.2, 0.25) is 0 Å². The first-order chi connectivity index (χ1) is 15.4. The number of carboxylic acids is 1. The number of aromatic carboxylic acids is 1. The number of para-hydroxylation sites is 1. The lowest BCUT2D eigenvalue weighted by molar-refractivity contribution is 0.0692. The zero-order chi connectivity index (χ0) is 22.8. The summed E-state index contributed by atoms with van der Waals surface area (Å²) in [7, 11) is 1.80. The summed E-state index contributed by atoms with van der Waals surface area (Å²) < 4.78 is 17.4. The predicted octanol–water partition coefficient (Wildman–Crippen LogP) is 4.14. The fourth-order valence-corrected chi connectivity index (χ4v) is 4.40. The molecule has 3 aromatic carbocycles. The van der Waals surface area contributed by atoms with Crippen molar-refractivity contribution in [1.82, 2.24) is 10.0 Å². The molecule has 32 heavy (non-hydrogen) atoms. The lowest BCUT2D eigenvalue weighted by Gasteiger charge is -2.35. The quantitative estimate of drug-likeness (QED) is 0.192. The molecule has 9 heteroatoms. The average molecular weight is 454 g/mol. The van der Waals surface area contributed by atoms with Gasteiger partial charge in [0, 0.05) is 16.1 Å². The summed E-state index contributed by atoms with van der Waals surface area (Å²) in [6.45, 7) is 2.52. The van der Waals surface area contributed by atoms with Crippen LogP contribution in [0.3, 0.4) is 0 Å². The molecule has 0 amide bonds. The van der Waals surface area contributed by atoms with E-state index >= 15 is 0 Å². The van der Waals surface area contributed by atoms with E-state index in [1.54, 1.807) is 18.1 Å². The molecule has 0 fully saturated rings. The van der Waals surface area contributed by atoms with Gasteiger partial charge in [-0.3, -0.25) is 10.3 Å². The lowest BCUT2D eigenvalue weighted by Crippen LogP contribution is -2.47. The van der Waals surface area contributed by atoms with E-state index in [9.17, 15) is 14.3 Å². The maximum atomic E-state index is 14.0. The van der Waals surface area contributed by atoms with Gasteiger partial charge >= 0.3 is 5.97 Å². The normalized spacial score (nSPS) is 14.1. The van der Waals surface area contributed by atoms with E-state index in [-0.39, 0.29) is 11.7 Å². The first-order valence-electron chi connectivity index (χ1n) is 10.1. The topological polar surface area (TPSA) is 93.9 Å². The Hall–Kier alpha value is -3.11. The molecule has 0 spiro atoms. The fraction of sp³-hybridized carbons (Fsp3) is 0.174. The van der Waals surface area contributed by atoms with Crippen molar-refractivity contribution >= 4 is 35.0 Å². The molecule has 0 saturated heterocycles. The Morgan fingerprint density at radius 3 is 2.69 bits per heavy atom. The van der Waals surface area contributed by atoms with E-state index in [1.807, 2.05) is 49.4 Å². The van der Waals surface area contributed by atoms with Crippen LogP contribution in [0.1, 0.15) is 17.3 Å². The van der Waals surface area contributed by atoms with Gasteiger partial charge in [0.15, 0.2) is 0 Å². The molecule has 1 atom stereocenters. The Kier molecular flexibility index (Phi) is 6.33. The highest BCUT2D eigenvalue weighted by Crippen LogP contribution is 2.44. The number of fused-ring (bicyclic) bond motifs is 1. The molecule has 0 radical (unpaired) electrons. The van der Waals surface area contributed by atoms with Gasteiger partial charge in [-0.2, -0.15) is 0 Å². The average Bonchev–Trinajstić information content (AvgIpc) is 2.82. The summed E-state index contributed by atoms with van der Waals surface area (Å²) in [5, 5.41) is 14.1. The molecule has 3 aromatic rings. The Labute approximate surface area is 190 Å². The Morgan fingerprint density at radius 1 is 1.25 bits per heavy atom. The third kappa shape index (κ3) is 4.15. The van der Waals surface area contributed by atoms with Crippen LogP contribution >= 0.6 is 11.9 Å². The number of nitrogens with two attached hydrogens (primary N) is 1. The lowest BCUT2D eigenvalue weighted by atomic mass is 9.99. The van der Waals surface area contributed by atoms with Crippen LogP contribution < -0.4 is 25.8 Å². The van der Waals surface area contributed by atoms with Gasteiger partial charge in [-0.05, 0) is 67.9 Å². The third-order valence-electron chi connectivity index (χ3n) is 5.46. The smallest absolute Gasteiger partial charge is 0.338 e. The molecule has 0 aromatic heterocycles. The van der Waals surface area contributed by atoms with Crippen LogP contribution in [0.25, 0.3) is 11.1 Å². The van der Waals surface area contributed by atoms with E-state index < -0.39 is 11.8 Å². The van der Waals surface area contributed by atoms with E-state index in [1.165, 1.54) is 24.1 Å². The van der Waals surface area contributed by atoms with Crippen LogP contribution in [0.4, 0.5) is 21.5 Å². The van der Waals surface area contributed by atoms with Crippen molar-refractivity contribution in [2.24, 2.45) is 5.84 Å². The number of hydrazine groups is 1. The van der Waals surface area contributed by atoms with Crippen LogP contribution in [0, 0.1) is 5.82 Å². The molecule has 166 valence electrons. The summed E-state index contributed by atoms with van der Waals surface area (Å²) in [4.78, 5) is 14.6. The first-order valence-corrected chi connectivity index (χ1v) is 10.9. The molecule has 5 N–H and O–H groups in total. The number of nitrogens with one attached hydrogen (secondary N) is 2. The molecule has 7 nitrogen and oxygen atoms in total. The number of carboxylic acid groups (broad SMARTS) is 1. The Bertz CT molecular complexity index is 1140. The molecule has 4 rings (SSSR count). The number of anilines is 3. The maximum absolute atomic E-state index is 14.0. The highest BCUT2D eigenvalue weighted by Gasteiger charge is 2.25. The fourth-order valence-electron chi connectivity index (χ4n) is 3.60. The minimum atomic E-state index is -1.32. The van der Waals surface area contributed by atoms with Gasteiger partial charge in [-0.1, -0.05) is 24.3 Å². The standard InChI is InChI=1S/C23H24FN5O2S/c1-14(26-2)29(25)20-12-21-22(32-27-13-28(21)16-6-4-3-5-7-16)11-17(20)15-8-9-19(24)18(10-15)23(30)31/h3-12,14,26-27H,13,25H2,1-2H3,(H,30,31). The molecule has 1 aliphatic rings. The summed E-state index contributed by atoms with van der Waals surface area (Å²) >= 11 is 1.49. The van der Waals surface area contributed by atoms with Gasteiger partial charge in [0.25, 0.3) is 0 Å². The highest BCUT2D eigenvalue weighted by atomic mass is 32.2. The number of rotatable bonds is 6. The van der Waals surface area contributed by atoms with Gasteiger partial charge in [0.1, 0.15) is 5.82 Å². The summed E-state index contributed by atoms with van der Waals surface area (Å²) in [6, 6.07) is 18.0. The number of hydrogen-bond donors (Lipinski definition) is 4. The Balaban J connectivity index is 1.91. The number of benzene rings is 3. The SMILES string of the molecule is CNC(C)N(N)c1cc2c(cc1-c1ccc(F)c(C(=O)O)c1)SNCN2c1ccccc1. The van der Waals surface area contributed by atoms with Gasteiger partial charge in [-0.15, -0.1) is 0 Å². The van der Waals surface area contributed by atoms with E-state index in [0.29, 0.717) is 23.5 Å². The maximum Gasteiger partial charge on any atom is 0.338 e. The monoisotopic (exact) mass is 453 g/mol. The highest BCUT2D eigenvalue weighted by molar-refractivity contribution is 7.97. The summed E-state index contributed by atoms with van der Waals surface area (Å²) in [5.74, 6) is 4.38. The van der Waals surface area contributed by atoms with Crippen molar-refractivity contribution in [1.29, 1.82) is 0 Å². The second-order valence-electron chi connectivity index (χ2n) is 7.38. The van der Waals surface area contributed by atoms with Crippen molar-refractivity contribution in [2.45, 2.75) is 18.0 Å². The van der Waals surface area contributed by atoms with Gasteiger partial charge < -0.3 is 10.0 Å². The largest absolute Gasteiger partial charge is 0.478 e.